The summed E-state index contributed by atoms with van der Waals surface area (Å²) in [7, 11) is 0. The van der Waals surface area contributed by atoms with Gasteiger partial charge in [-0.15, -0.1) is 0 Å². The van der Waals surface area contributed by atoms with Crippen LogP contribution in [0.4, 0.5) is 0 Å². The van der Waals surface area contributed by atoms with E-state index in [0.29, 0.717) is 5.75 Å². The average molecular weight is 164 g/mol. The highest BCUT2D eigenvalue weighted by molar-refractivity contribution is 8.00. The number of hydrogen-bond acceptors (Lipinski definition) is 3. The van der Waals surface area contributed by atoms with Crippen LogP contribution in [0.3, 0.4) is 0 Å². The van der Waals surface area contributed by atoms with Gasteiger partial charge in [-0.05, 0) is 20.8 Å². The molecule has 0 aliphatic heterocycles. The standard InChI is InChI=1S/C7H16O2S/c1-6(9)4-10-7(2,3)5-8/h6,8-9H,4-5H2,1-3H3/t6-/m0/s1. The minimum Gasteiger partial charge on any atom is -0.395 e. The summed E-state index contributed by atoms with van der Waals surface area (Å²) in [5.74, 6) is 0.688. The molecule has 0 aromatic heterocycles. The molecule has 0 aromatic rings. The van der Waals surface area contributed by atoms with Gasteiger partial charge in [0.05, 0.1) is 12.7 Å². The van der Waals surface area contributed by atoms with Gasteiger partial charge in [0.2, 0.25) is 0 Å². The van der Waals surface area contributed by atoms with Crippen molar-refractivity contribution in [3.05, 3.63) is 0 Å². The summed E-state index contributed by atoms with van der Waals surface area (Å²) in [4.78, 5) is 0. The fraction of sp³-hybridized carbons (Fsp3) is 1.00. The molecule has 1 atom stereocenters. The van der Waals surface area contributed by atoms with E-state index in [-0.39, 0.29) is 17.5 Å². The molecule has 0 unspecified atom stereocenters. The molecule has 3 heteroatoms. The minimum absolute atomic E-state index is 0.114. The molecule has 0 saturated heterocycles. The fourth-order valence-electron chi connectivity index (χ4n) is 0.392. The van der Waals surface area contributed by atoms with Crippen LogP contribution in [0.25, 0.3) is 0 Å². The van der Waals surface area contributed by atoms with Crippen molar-refractivity contribution in [2.75, 3.05) is 12.4 Å². The molecule has 0 radical (unpaired) electrons. The van der Waals surface area contributed by atoms with Crippen molar-refractivity contribution in [1.29, 1.82) is 0 Å². The van der Waals surface area contributed by atoms with Crippen LogP contribution in [0, 0.1) is 0 Å². The van der Waals surface area contributed by atoms with E-state index < -0.39 is 0 Å². The van der Waals surface area contributed by atoms with Gasteiger partial charge in [-0.1, -0.05) is 0 Å². The summed E-state index contributed by atoms with van der Waals surface area (Å²) >= 11 is 1.59. The molecule has 2 N–H and O–H groups in total. The van der Waals surface area contributed by atoms with Crippen molar-refractivity contribution in [2.45, 2.75) is 31.6 Å². The molecule has 10 heavy (non-hydrogen) atoms. The Labute approximate surface area is 66.6 Å². The maximum atomic E-state index is 8.91. The first-order valence-corrected chi connectivity index (χ1v) is 4.39. The monoisotopic (exact) mass is 164 g/mol. The Balaban J connectivity index is 3.46. The second-order valence-electron chi connectivity index (χ2n) is 3.08. The number of rotatable bonds is 4. The van der Waals surface area contributed by atoms with E-state index in [1.165, 1.54) is 0 Å². The molecule has 0 bridgehead atoms. The Morgan fingerprint density at radius 2 is 2.00 bits per heavy atom. The van der Waals surface area contributed by atoms with Crippen LogP contribution in [0.5, 0.6) is 0 Å². The number of hydrogen-bond donors (Lipinski definition) is 2. The SMILES string of the molecule is C[C@H](O)CSC(C)(C)CO. The first kappa shape index (κ1) is 10.3. The van der Waals surface area contributed by atoms with Crippen molar-refractivity contribution in [3.8, 4) is 0 Å². The largest absolute Gasteiger partial charge is 0.395 e. The molecule has 0 aromatic carbocycles. The van der Waals surface area contributed by atoms with Gasteiger partial charge in [-0.3, -0.25) is 0 Å². The van der Waals surface area contributed by atoms with Crippen LogP contribution in [0.1, 0.15) is 20.8 Å². The van der Waals surface area contributed by atoms with E-state index in [2.05, 4.69) is 0 Å². The molecule has 0 rings (SSSR count). The van der Waals surface area contributed by atoms with Crippen LogP contribution < -0.4 is 0 Å². The van der Waals surface area contributed by atoms with Gasteiger partial charge >= 0.3 is 0 Å². The third-order valence-electron chi connectivity index (χ3n) is 1.10. The Hall–Kier alpha value is 0.270. The summed E-state index contributed by atoms with van der Waals surface area (Å²) in [6.07, 6.45) is -0.282. The molecule has 0 aliphatic rings. The summed E-state index contributed by atoms with van der Waals surface area (Å²) in [6.45, 7) is 5.82. The maximum absolute atomic E-state index is 8.91. The average Bonchev–Trinajstić information content (AvgIpc) is 1.85. The summed E-state index contributed by atoms with van der Waals surface area (Å²) < 4.78 is -0.114. The third-order valence-corrected chi connectivity index (χ3v) is 2.66. The maximum Gasteiger partial charge on any atom is 0.0602 e. The predicted molar refractivity (Wildman–Crippen MR) is 45.3 cm³/mol. The second-order valence-corrected chi connectivity index (χ2v) is 4.81. The minimum atomic E-state index is -0.282. The Bertz CT molecular complexity index is 91.6. The molecule has 2 nitrogen and oxygen atoms in total. The molecular weight excluding hydrogens is 148 g/mol. The Morgan fingerprint density at radius 3 is 2.30 bits per heavy atom. The van der Waals surface area contributed by atoms with E-state index in [0.717, 1.165) is 0 Å². The summed E-state index contributed by atoms with van der Waals surface area (Å²) in [6, 6.07) is 0. The zero-order valence-corrected chi connectivity index (χ0v) is 7.61. The summed E-state index contributed by atoms with van der Waals surface area (Å²) in [5, 5.41) is 17.7. The lowest BCUT2D eigenvalue weighted by Gasteiger charge is -2.21. The van der Waals surface area contributed by atoms with Crippen molar-refractivity contribution >= 4 is 11.8 Å². The van der Waals surface area contributed by atoms with Crippen molar-refractivity contribution in [2.24, 2.45) is 0 Å². The molecule has 0 saturated carbocycles. The number of aliphatic hydroxyl groups excluding tert-OH is 2. The third kappa shape index (κ3) is 5.09. The van der Waals surface area contributed by atoms with Gasteiger partial charge in [-0.2, -0.15) is 11.8 Å². The van der Waals surface area contributed by atoms with Gasteiger partial charge < -0.3 is 10.2 Å². The van der Waals surface area contributed by atoms with E-state index in [1.54, 1.807) is 18.7 Å². The van der Waals surface area contributed by atoms with Crippen LogP contribution in [-0.4, -0.2) is 33.4 Å². The first-order valence-electron chi connectivity index (χ1n) is 3.41. The van der Waals surface area contributed by atoms with Crippen molar-refractivity contribution < 1.29 is 10.2 Å². The molecule has 0 spiro atoms. The van der Waals surface area contributed by atoms with Crippen molar-refractivity contribution in [3.63, 3.8) is 0 Å². The quantitative estimate of drug-likeness (QED) is 0.648. The van der Waals surface area contributed by atoms with Gasteiger partial charge in [0.15, 0.2) is 0 Å². The molecular formula is C7H16O2S. The molecule has 0 aliphatic carbocycles. The Morgan fingerprint density at radius 1 is 1.50 bits per heavy atom. The van der Waals surface area contributed by atoms with Gasteiger partial charge in [-0.25, -0.2) is 0 Å². The second kappa shape index (κ2) is 4.21. The van der Waals surface area contributed by atoms with Crippen LogP contribution in [0.2, 0.25) is 0 Å². The lowest BCUT2D eigenvalue weighted by Crippen LogP contribution is -2.22. The zero-order valence-electron chi connectivity index (χ0n) is 6.79. The van der Waals surface area contributed by atoms with Crippen LogP contribution >= 0.6 is 11.8 Å². The smallest absolute Gasteiger partial charge is 0.0602 e. The van der Waals surface area contributed by atoms with E-state index in [1.807, 2.05) is 13.8 Å². The highest BCUT2D eigenvalue weighted by atomic mass is 32.2. The Kier molecular flexibility index (Phi) is 4.32. The highest BCUT2D eigenvalue weighted by Crippen LogP contribution is 2.23. The molecule has 0 heterocycles. The lowest BCUT2D eigenvalue weighted by molar-refractivity contribution is 0.219. The van der Waals surface area contributed by atoms with E-state index >= 15 is 0 Å². The van der Waals surface area contributed by atoms with Gasteiger partial charge in [0.25, 0.3) is 0 Å². The zero-order chi connectivity index (χ0) is 8.20. The topological polar surface area (TPSA) is 40.5 Å². The van der Waals surface area contributed by atoms with E-state index in [4.69, 9.17) is 10.2 Å². The van der Waals surface area contributed by atoms with Crippen LogP contribution in [0.15, 0.2) is 0 Å². The van der Waals surface area contributed by atoms with Gasteiger partial charge in [0.1, 0.15) is 0 Å². The molecule has 0 fully saturated rings. The fourth-order valence-corrected chi connectivity index (χ4v) is 1.18. The van der Waals surface area contributed by atoms with E-state index in [9.17, 15) is 0 Å². The predicted octanol–water partition coefficient (Wildman–Crippen LogP) is 0.871. The number of aliphatic hydroxyl groups is 2. The molecule has 62 valence electrons. The molecule has 0 amide bonds. The lowest BCUT2D eigenvalue weighted by atomic mass is 10.2. The van der Waals surface area contributed by atoms with Crippen molar-refractivity contribution in [1.82, 2.24) is 0 Å². The van der Waals surface area contributed by atoms with Crippen LogP contribution in [-0.2, 0) is 0 Å². The summed E-state index contributed by atoms with van der Waals surface area (Å²) in [5.41, 5.74) is 0. The highest BCUT2D eigenvalue weighted by Gasteiger charge is 2.17. The van der Waals surface area contributed by atoms with Gasteiger partial charge in [0, 0.05) is 10.5 Å². The number of thioether (sulfide) groups is 1. The normalized spacial score (nSPS) is 15.3. The first-order chi connectivity index (χ1) is 4.48.